The first kappa shape index (κ1) is 19.5. The van der Waals surface area contributed by atoms with Gasteiger partial charge >= 0.3 is 6.09 Å². The fourth-order valence-electron chi connectivity index (χ4n) is 4.94. The molecule has 0 bridgehead atoms. The van der Waals surface area contributed by atoms with Gasteiger partial charge in [0.05, 0.1) is 8.07 Å². The number of aryl methyl sites for hydroxylation is 1. The molecule has 0 spiro atoms. The summed E-state index contributed by atoms with van der Waals surface area (Å²) >= 11 is 0. The highest BCUT2D eigenvalue weighted by atomic mass is 28.3. The summed E-state index contributed by atoms with van der Waals surface area (Å²) in [5, 5.41) is 1.67. The predicted molar refractivity (Wildman–Crippen MR) is 111 cm³/mol. The molecule has 144 valence electrons. The second kappa shape index (κ2) is 7.75. The molecule has 2 aliphatic rings. The molecule has 2 saturated heterocycles. The van der Waals surface area contributed by atoms with Crippen LogP contribution in [0, 0.1) is 6.92 Å². The monoisotopic (exact) mass is 373 g/mol. The van der Waals surface area contributed by atoms with Crippen LogP contribution in [0.2, 0.25) is 17.6 Å². The van der Waals surface area contributed by atoms with Crippen molar-refractivity contribution in [2.24, 2.45) is 0 Å². The smallest absolute Gasteiger partial charge is 0.410 e. The molecule has 0 radical (unpaired) electrons. The third-order valence-corrected chi connectivity index (χ3v) is 12.4. The third kappa shape index (κ3) is 4.33. The molecule has 0 saturated carbocycles. The number of nitrogens with zero attached hydrogens (tertiary/aromatic N) is 1. The Bertz CT molecular complexity index is 606. The molecule has 2 fully saturated rings. The summed E-state index contributed by atoms with van der Waals surface area (Å²) in [4.78, 5) is 14.3. The molecule has 0 aromatic heterocycles. The Morgan fingerprint density at radius 3 is 2.15 bits per heavy atom. The minimum atomic E-state index is -1.47. The van der Waals surface area contributed by atoms with Crippen molar-refractivity contribution in [2.75, 3.05) is 13.1 Å². The van der Waals surface area contributed by atoms with Gasteiger partial charge in [-0.1, -0.05) is 66.4 Å². The summed E-state index contributed by atoms with van der Waals surface area (Å²) in [6.45, 7) is 9.73. The van der Waals surface area contributed by atoms with E-state index in [0.717, 1.165) is 31.5 Å². The lowest BCUT2D eigenvalue weighted by Gasteiger charge is -2.46. The highest BCUT2D eigenvalue weighted by Gasteiger charge is 2.45. The minimum absolute atomic E-state index is 0.134. The Kier molecular flexibility index (Phi) is 5.81. The molecule has 2 aliphatic heterocycles. The Morgan fingerprint density at radius 1 is 1.04 bits per heavy atom. The van der Waals surface area contributed by atoms with Crippen molar-refractivity contribution in [3.05, 3.63) is 29.8 Å². The SMILES string of the molecule is Cc1ccc([Si]2(C3CCN(C(=O)OC(C)(C)C)CC3)CCCCC2)cc1. The van der Waals surface area contributed by atoms with Crippen molar-refractivity contribution in [3.63, 3.8) is 0 Å². The van der Waals surface area contributed by atoms with E-state index in [2.05, 4.69) is 31.2 Å². The van der Waals surface area contributed by atoms with Gasteiger partial charge in [0.25, 0.3) is 0 Å². The summed E-state index contributed by atoms with van der Waals surface area (Å²) < 4.78 is 5.58. The largest absolute Gasteiger partial charge is 0.444 e. The molecule has 2 heterocycles. The van der Waals surface area contributed by atoms with Gasteiger partial charge in [-0.25, -0.2) is 4.79 Å². The van der Waals surface area contributed by atoms with Crippen LogP contribution in [0.25, 0.3) is 0 Å². The molecule has 1 aromatic rings. The van der Waals surface area contributed by atoms with Gasteiger partial charge in [-0.3, -0.25) is 0 Å². The maximum Gasteiger partial charge on any atom is 0.410 e. The van der Waals surface area contributed by atoms with Crippen molar-refractivity contribution in [2.45, 2.75) is 83.0 Å². The van der Waals surface area contributed by atoms with Crippen LogP contribution in [0.15, 0.2) is 24.3 Å². The zero-order valence-corrected chi connectivity index (χ0v) is 18.0. The molecule has 3 nitrogen and oxygen atoms in total. The van der Waals surface area contributed by atoms with Gasteiger partial charge in [-0.05, 0) is 46.1 Å². The fraction of sp³-hybridized carbons (Fsp3) is 0.682. The van der Waals surface area contributed by atoms with Crippen molar-refractivity contribution in [1.29, 1.82) is 0 Å². The zero-order valence-electron chi connectivity index (χ0n) is 17.0. The van der Waals surface area contributed by atoms with Gasteiger partial charge in [0.1, 0.15) is 5.60 Å². The maximum absolute atomic E-state index is 12.4. The van der Waals surface area contributed by atoms with Crippen LogP contribution in [0.3, 0.4) is 0 Å². The number of likely N-dealkylation sites (tertiary alicyclic amines) is 1. The Balaban J connectivity index is 1.72. The second-order valence-corrected chi connectivity index (χ2v) is 14.0. The summed E-state index contributed by atoms with van der Waals surface area (Å²) in [6, 6.07) is 12.3. The van der Waals surface area contributed by atoms with Gasteiger partial charge in [-0.2, -0.15) is 0 Å². The highest BCUT2D eigenvalue weighted by molar-refractivity contribution is 6.93. The van der Waals surface area contributed by atoms with Gasteiger partial charge in [0.15, 0.2) is 0 Å². The number of rotatable bonds is 2. The minimum Gasteiger partial charge on any atom is -0.444 e. The van der Waals surface area contributed by atoms with E-state index < -0.39 is 13.7 Å². The van der Waals surface area contributed by atoms with E-state index in [9.17, 15) is 4.79 Å². The van der Waals surface area contributed by atoms with Crippen LogP contribution in [0.1, 0.15) is 58.4 Å². The number of carbonyl (C=O) groups is 1. The van der Waals surface area contributed by atoms with E-state index in [-0.39, 0.29) is 6.09 Å². The van der Waals surface area contributed by atoms with Crippen LogP contribution in [0.4, 0.5) is 4.79 Å². The molecule has 1 amide bonds. The molecule has 4 heteroatoms. The molecule has 1 aromatic carbocycles. The van der Waals surface area contributed by atoms with Crippen molar-refractivity contribution in [3.8, 4) is 0 Å². The number of ether oxygens (including phenoxy) is 1. The topological polar surface area (TPSA) is 29.5 Å². The van der Waals surface area contributed by atoms with Crippen molar-refractivity contribution < 1.29 is 9.53 Å². The van der Waals surface area contributed by atoms with E-state index in [1.165, 1.54) is 36.9 Å². The lowest BCUT2D eigenvalue weighted by atomic mass is 10.1. The van der Waals surface area contributed by atoms with Crippen molar-refractivity contribution >= 4 is 19.4 Å². The zero-order chi connectivity index (χ0) is 18.8. The van der Waals surface area contributed by atoms with Gasteiger partial charge in [-0.15, -0.1) is 0 Å². The Labute approximate surface area is 160 Å². The van der Waals surface area contributed by atoms with Crippen molar-refractivity contribution in [1.82, 2.24) is 4.90 Å². The van der Waals surface area contributed by atoms with Crippen LogP contribution >= 0.6 is 0 Å². The Hall–Kier alpha value is -1.29. The quantitative estimate of drug-likeness (QED) is 0.664. The van der Waals surface area contributed by atoms with Crippen LogP contribution in [0.5, 0.6) is 0 Å². The summed E-state index contributed by atoms with van der Waals surface area (Å²) in [5.74, 6) is 0. The number of hydrogen-bond acceptors (Lipinski definition) is 2. The van der Waals surface area contributed by atoms with E-state index >= 15 is 0 Å². The molecular weight excluding hydrogens is 338 g/mol. The van der Waals surface area contributed by atoms with Gasteiger partial charge < -0.3 is 9.64 Å². The highest BCUT2D eigenvalue weighted by Crippen LogP contribution is 2.43. The number of piperidine rings is 1. The number of benzene rings is 1. The van der Waals surface area contributed by atoms with Crippen LogP contribution in [-0.2, 0) is 4.74 Å². The van der Waals surface area contributed by atoms with E-state index in [1.54, 1.807) is 5.19 Å². The summed E-state index contributed by atoms with van der Waals surface area (Å²) in [7, 11) is -1.47. The van der Waals surface area contributed by atoms with Crippen LogP contribution < -0.4 is 5.19 Å². The average Bonchev–Trinajstić information content (AvgIpc) is 2.61. The fourth-order valence-corrected chi connectivity index (χ4v) is 11.0. The molecule has 0 atom stereocenters. The molecular formula is C22H35NO2Si. The summed E-state index contributed by atoms with van der Waals surface area (Å²) in [5.41, 5.74) is 1.76. The van der Waals surface area contributed by atoms with E-state index in [4.69, 9.17) is 4.74 Å². The molecule has 0 aliphatic carbocycles. The van der Waals surface area contributed by atoms with E-state index in [1.807, 2.05) is 25.7 Å². The standard InChI is InChI=1S/C22H35NO2Si/c1-18-8-10-19(11-9-18)26(16-6-5-7-17-26)20-12-14-23(15-13-20)21(24)25-22(2,3)4/h8-11,20H,5-7,12-17H2,1-4H3. The van der Waals surface area contributed by atoms with Crippen LogP contribution in [-0.4, -0.2) is 37.8 Å². The molecule has 3 rings (SSSR count). The van der Waals surface area contributed by atoms with E-state index in [0.29, 0.717) is 0 Å². The lowest BCUT2D eigenvalue weighted by Crippen LogP contribution is -2.56. The average molecular weight is 374 g/mol. The number of hydrogen-bond donors (Lipinski definition) is 0. The normalized spacial score (nSPS) is 21.5. The maximum atomic E-state index is 12.4. The molecule has 0 N–H and O–H groups in total. The first-order valence-electron chi connectivity index (χ1n) is 10.4. The number of amides is 1. The van der Waals surface area contributed by atoms with Gasteiger partial charge in [0.2, 0.25) is 0 Å². The lowest BCUT2D eigenvalue weighted by molar-refractivity contribution is 0.0214. The second-order valence-electron chi connectivity index (χ2n) is 9.32. The third-order valence-electron chi connectivity index (χ3n) is 6.30. The molecule has 0 unspecified atom stereocenters. The summed E-state index contributed by atoms with van der Waals surface area (Å²) in [6.07, 6.45) is 6.36. The first-order valence-corrected chi connectivity index (χ1v) is 12.8. The van der Waals surface area contributed by atoms with Gasteiger partial charge in [0, 0.05) is 13.1 Å². The Morgan fingerprint density at radius 2 is 1.62 bits per heavy atom. The number of carbonyl (C=O) groups excluding carboxylic acids is 1. The first-order chi connectivity index (χ1) is 12.3. The molecule has 26 heavy (non-hydrogen) atoms. The predicted octanol–water partition coefficient (Wildman–Crippen LogP) is 5.24.